The van der Waals surface area contributed by atoms with Crippen LogP contribution >= 0.6 is 15.9 Å². The second-order valence-electron chi connectivity index (χ2n) is 4.03. The number of hydrogen-bond donors (Lipinski definition) is 1. The highest BCUT2D eigenvalue weighted by molar-refractivity contribution is 9.11. The number of piperidine rings is 1. The van der Waals surface area contributed by atoms with Gasteiger partial charge in [-0.1, -0.05) is 35.9 Å². The van der Waals surface area contributed by atoms with Gasteiger partial charge in [0.05, 0.1) is 6.10 Å². The van der Waals surface area contributed by atoms with Crippen LogP contribution in [0.5, 0.6) is 0 Å². The minimum absolute atomic E-state index is 0.179. The van der Waals surface area contributed by atoms with E-state index in [1.807, 2.05) is 6.92 Å². The van der Waals surface area contributed by atoms with Crippen LogP contribution in [0.25, 0.3) is 0 Å². The Morgan fingerprint density at radius 2 is 2.36 bits per heavy atom. The van der Waals surface area contributed by atoms with E-state index < -0.39 is 0 Å². The van der Waals surface area contributed by atoms with Crippen molar-refractivity contribution in [2.24, 2.45) is 0 Å². The van der Waals surface area contributed by atoms with Crippen molar-refractivity contribution < 1.29 is 5.11 Å². The third-order valence-electron chi connectivity index (χ3n) is 2.90. The van der Waals surface area contributed by atoms with Crippen LogP contribution in [0.15, 0.2) is 11.1 Å². The number of rotatable bonds is 4. The Hall–Kier alpha value is 0.140. The first-order valence-electron chi connectivity index (χ1n) is 5.40. The SMILES string of the molecule is C=C(Br)CN1CCCC[C@H]1[C@H](O)CC. The van der Waals surface area contributed by atoms with Gasteiger partial charge in [-0.05, 0) is 25.8 Å². The van der Waals surface area contributed by atoms with Gasteiger partial charge >= 0.3 is 0 Å². The molecule has 1 fully saturated rings. The molecule has 1 rings (SSSR count). The van der Waals surface area contributed by atoms with Gasteiger partial charge < -0.3 is 5.11 Å². The average molecular weight is 262 g/mol. The topological polar surface area (TPSA) is 23.5 Å². The highest BCUT2D eigenvalue weighted by Gasteiger charge is 2.27. The summed E-state index contributed by atoms with van der Waals surface area (Å²) in [6.07, 6.45) is 4.27. The third-order valence-corrected chi connectivity index (χ3v) is 3.15. The van der Waals surface area contributed by atoms with Gasteiger partial charge in [-0.3, -0.25) is 4.90 Å². The van der Waals surface area contributed by atoms with E-state index in [-0.39, 0.29) is 6.10 Å². The van der Waals surface area contributed by atoms with Gasteiger partial charge in [0.25, 0.3) is 0 Å². The van der Waals surface area contributed by atoms with E-state index in [0.717, 1.165) is 30.4 Å². The zero-order valence-corrected chi connectivity index (χ0v) is 10.5. The van der Waals surface area contributed by atoms with E-state index in [1.54, 1.807) is 0 Å². The summed E-state index contributed by atoms with van der Waals surface area (Å²) in [5.74, 6) is 0. The lowest BCUT2D eigenvalue weighted by Crippen LogP contribution is -2.46. The van der Waals surface area contributed by atoms with E-state index in [1.165, 1.54) is 12.8 Å². The Bertz CT molecular complexity index is 196. The molecule has 1 aliphatic heterocycles. The van der Waals surface area contributed by atoms with Crippen molar-refractivity contribution >= 4 is 15.9 Å². The van der Waals surface area contributed by atoms with Crippen molar-refractivity contribution in [3.05, 3.63) is 11.1 Å². The fourth-order valence-corrected chi connectivity index (χ4v) is 2.46. The lowest BCUT2D eigenvalue weighted by molar-refractivity contribution is 0.0303. The summed E-state index contributed by atoms with van der Waals surface area (Å²) >= 11 is 3.39. The molecule has 82 valence electrons. The molecule has 1 aliphatic rings. The molecule has 0 amide bonds. The fourth-order valence-electron chi connectivity index (χ4n) is 2.14. The first-order chi connectivity index (χ1) is 6.65. The van der Waals surface area contributed by atoms with Crippen molar-refractivity contribution in [1.82, 2.24) is 4.90 Å². The zero-order valence-electron chi connectivity index (χ0n) is 8.88. The molecular weight excluding hydrogens is 242 g/mol. The van der Waals surface area contributed by atoms with Crippen molar-refractivity contribution in [1.29, 1.82) is 0 Å². The Balaban J connectivity index is 2.54. The largest absolute Gasteiger partial charge is 0.392 e. The van der Waals surface area contributed by atoms with Gasteiger partial charge in [-0.2, -0.15) is 0 Å². The van der Waals surface area contributed by atoms with E-state index >= 15 is 0 Å². The molecule has 1 saturated heterocycles. The first-order valence-corrected chi connectivity index (χ1v) is 6.19. The number of aliphatic hydroxyl groups is 1. The van der Waals surface area contributed by atoms with Gasteiger partial charge in [-0.25, -0.2) is 0 Å². The van der Waals surface area contributed by atoms with Gasteiger partial charge in [0.2, 0.25) is 0 Å². The van der Waals surface area contributed by atoms with Crippen LogP contribution in [0, 0.1) is 0 Å². The van der Waals surface area contributed by atoms with Gasteiger partial charge in [-0.15, -0.1) is 0 Å². The Labute approximate surface area is 95.1 Å². The Morgan fingerprint density at radius 3 is 2.93 bits per heavy atom. The first kappa shape index (κ1) is 12.2. The Kier molecular flexibility index (Phi) is 5.13. The molecule has 0 aromatic heterocycles. The maximum absolute atomic E-state index is 9.88. The number of likely N-dealkylation sites (tertiary alicyclic amines) is 1. The highest BCUT2D eigenvalue weighted by atomic mass is 79.9. The van der Waals surface area contributed by atoms with Crippen molar-refractivity contribution in [3.63, 3.8) is 0 Å². The van der Waals surface area contributed by atoms with Crippen molar-refractivity contribution in [2.75, 3.05) is 13.1 Å². The van der Waals surface area contributed by atoms with Crippen LogP contribution in [0.1, 0.15) is 32.6 Å². The summed E-state index contributed by atoms with van der Waals surface area (Å²) < 4.78 is 1.01. The maximum Gasteiger partial charge on any atom is 0.0692 e. The van der Waals surface area contributed by atoms with Gasteiger partial charge in [0.1, 0.15) is 0 Å². The van der Waals surface area contributed by atoms with Crippen LogP contribution in [0.4, 0.5) is 0 Å². The van der Waals surface area contributed by atoms with Crippen LogP contribution in [-0.2, 0) is 0 Å². The van der Waals surface area contributed by atoms with Crippen molar-refractivity contribution in [3.8, 4) is 0 Å². The van der Waals surface area contributed by atoms with Crippen molar-refractivity contribution in [2.45, 2.75) is 44.8 Å². The molecular formula is C11H20BrNO. The molecule has 0 radical (unpaired) electrons. The van der Waals surface area contributed by atoms with Crippen LogP contribution < -0.4 is 0 Å². The second kappa shape index (κ2) is 5.89. The molecule has 0 aromatic carbocycles. The summed E-state index contributed by atoms with van der Waals surface area (Å²) in [7, 11) is 0. The Morgan fingerprint density at radius 1 is 1.64 bits per heavy atom. The minimum atomic E-state index is -0.179. The van der Waals surface area contributed by atoms with Crippen LogP contribution in [-0.4, -0.2) is 35.2 Å². The monoisotopic (exact) mass is 261 g/mol. The second-order valence-corrected chi connectivity index (χ2v) is 5.15. The molecule has 0 aliphatic carbocycles. The summed E-state index contributed by atoms with van der Waals surface area (Å²) in [4.78, 5) is 2.34. The molecule has 1 heterocycles. The molecule has 0 aromatic rings. The number of aliphatic hydroxyl groups excluding tert-OH is 1. The maximum atomic E-state index is 9.88. The van der Waals surface area contributed by atoms with Crippen LogP contribution in [0.3, 0.4) is 0 Å². The van der Waals surface area contributed by atoms with E-state index in [9.17, 15) is 5.11 Å². The highest BCUT2D eigenvalue weighted by Crippen LogP contribution is 2.22. The quantitative estimate of drug-likeness (QED) is 0.841. The molecule has 2 atom stereocenters. The molecule has 0 unspecified atom stereocenters. The standard InChI is InChI=1S/C11H20BrNO/c1-3-11(14)10-6-4-5-7-13(10)8-9(2)12/h10-11,14H,2-8H2,1H3/t10-,11+/m0/s1. The summed E-state index contributed by atoms with van der Waals surface area (Å²) in [6, 6.07) is 0.336. The summed E-state index contributed by atoms with van der Waals surface area (Å²) in [5.41, 5.74) is 0. The van der Waals surface area contributed by atoms with E-state index in [2.05, 4.69) is 27.4 Å². The van der Waals surface area contributed by atoms with Crippen LogP contribution in [0.2, 0.25) is 0 Å². The number of halogens is 1. The molecule has 1 N–H and O–H groups in total. The van der Waals surface area contributed by atoms with E-state index in [0.29, 0.717) is 6.04 Å². The summed E-state index contributed by atoms with van der Waals surface area (Å²) in [5, 5.41) is 9.88. The molecule has 0 spiro atoms. The third kappa shape index (κ3) is 3.37. The predicted octanol–water partition coefficient (Wildman–Crippen LogP) is 2.52. The lowest BCUT2D eigenvalue weighted by atomic mass is 9.96. The minimum Gasteiger partial charge on any atom is -0.392 e. The molecule has 14 heavy (non-hydrogen) atoms. The molecule has 3 heteroatoms. The predicted molar refractivity (Wildman–Crippen MR) is 63.6 cm³/mol. The lowest BCUT2D eigenvalue weighted by Gasteiger charge is -2.38. The average Bonchev–Trinajstić information content (AvgIpc) is 2.16. The zero-order chi connectivity index (χ0) is 10.6. The number of hydrogen-bond acceptors (Lipinski definition) is 2. The number of nitrogens with zero attached hydrogens (tertiary/aromatic N) is 1. The smallest absolute Gasteiger partial charge is 0.0692 e. The van der Waals surface area contributed by atoms with Gasteiger partial charge in [0.15, 0.2) is 0 Å². The van der Waals surface area contributed by atoms with Gasteiger partial charge in [0, 0.05) is 17.1 Å². The normalized spacial score (nSPS) is 26.1. The molecule has 0 bridgehead atoms. The van der Waals surface area contributed by atoms with E-state index in [4.69, 9.17) is 0 Å². The fraction of sp³-hybridized carbons (Fsp3) is 0.818. The summed E-state index contributed by atoms with van der Waals surface area (Å²) in [6.45, 7) is 7.86. The molecule has 2 nitrogen and oxygen atoms in total. The molecule has 0 saturated carbocycles.